The maximum absolute atomic E-state index is 11.2. The number of carbonyl (C=O) groups is 1. The molecule has 90 valence electrons. The highest BCUT2D eigenvalue weighted by Gasteiger charge is 2.08. The predicted octanol–water partition coefficient (Wildman–Crippen LogP) is 3.41. The number of rotatable bonds is 3. The third-order valence-electron chi connectivity index (χ3n) is 1.94. The summed E-state index contributed by atoms with van der Waals surface area (Å²) in [5, 5.41) is 0. The van der Waals surface area contributed by atoms with Gasteiger partial charge < -0.3 is 4.74 Å². The van der Waals surface area contributed by atoms with Gasteiger partial charge in [-0.1, -0.05) is 33.8 Å². The molecule has 0 saturated heterocycles. The van der Waals surface area contributed by atoms with Crippen LogP contribution in [0.1, 0.15) is 56.6 Å². The standard InChI is InChI=1S/C11H15NO2.C2H6/c1-4-14-11(13)10-6-5-9(7-12-10)8(2)3;1-2/h5-8H,4H2,1-3H3;1-2H3. The molecule has 3 heteroatoms. The second-order valence-corrected chi connectivity index (χ2v) is 3.35. The second-order valence-electron chi connectivity index (χ2n) is 3.35. The van der Waals surface area contributed by atoms with E-state index in [1.807, 2.05) is 19.9 Å². The Morgan fingerprint density at radius 2 is 2.00 bits per heavy atom. The van der Waals surface area contributed by atoms with Crippen LogP contribution in [0.5, 0.6) is 0 Å². The van der Waals surface area contributed by atoms with Crippen molar-refractivity contribution < 1.29 is 9.53 Å². The molecular weight excluding hydrogens is 202 g/mol. The fourth-order valence-electron chi connectivity index (χ4n) is 1.07. The molecule has 0 aliphatic heterocycles. The minimum absolute atomic E-state index is 0.359. The fourth-order valence-corrected chi connectivity index (χ4v) is 1.07. The van der Waals surface area contributed by atoms with Crippen molar-refractivity contribution in [2.45, 2.75) is 40.5 Å². The molecule has 1 aromatic rings. The number of aromatic nitrogens is 1. The number of esters is 1. The van der Waals surface area contributed by atoms with E-state index in [1.165, 1.54) is 0 Å². The van der Waals surface area contributed by atoms with Crippen LogP contribution in [0.2, 0.25) is 0 Å². The van der Waals surface area contributed by atoms with Crippen molar-refractivity contribution in [1.29, 1.82) is 0 Å². The molecule has 0 aliphatic carbocycles. The number of hydrogen-bond acceptors (Lipinski definition) is 3. The Labute approximate surface area is 97.9 Å². The van der Waals surface area contributed by atoms with Gasteiger partial charge in [0.1, 0.15) is 5.69 Å². The van der Waals surface area contributed by atoms with Gasteiger partial charge in [0, 0.05) is 6.20 Å². The van der Waals surface area contributed by atoms with Gasteiger partial charge in [0.05, 0.1) is 6.61 Å². The molecule has 0 bridgehead atoms. The second kappa shape index (κ2) is 7.85. The van der Waals surface area contributed by atoms with Crippen LogP contribution in [0.15, 0.2) is 18.3 Å². The topological polar surface area (TPSA) is 39.2 Å². The molecule has 0 aromatic carbocycles. The average Bonchev–Trinajstić information content (AvgIpc) is 2.32. The molecule has 1 aromatic heterocycles. The molecule has 0 atom stereocenters. The third-order valence-corrected chi connectivity index (χ3v) is 1.94. The Morgan fingerprint density at radius 3 is 2.38 bits per heavy atom. The fraction of sp³-hybridized carbons (Fsp3) is 0.538. The molecule has 0 N–H and O–H groups in total. The van der Waals surface area contributed by atoms with Gasteiger partial charge in [-0.2, -0.15) is 0 Å². The van der Waals surface area contributed by atoms with Gasteiger partial charge in [0.2, 0.25) is 0 Å². The SMILES string of the molecule is CC.CCOC(=O)c1ccc(C(C)C)cn1. The first-order chi connectivity index (χ1) is 7.65. The highest BCUT2D eigenvalue weighted by Crippen LogP contribution is 2.12. The molecule has 16 heavy (non-hydrogen) atoms. The molecule has 0 saturated carbocycles. The summed E-state index contributed by atoms with van der Waals surface area (Å²) in [6.45, 7) is 10.3. The van der Waals surface area contributed by atoms with Crippen molar-refractivity contribution in [2.75, 3.05) is 6.61 Å². The smallest absolute Gasteiger partial charge is 0.356 e. The van der Waals surface area contributed by atoms with Crippen LogP contribution < -0.4 is 0 Å². The van der Waals surface area contributed by atoms with Crippen LogP contribution >= 0.6 is 0 Å². The predicted molar refractivity (Wildman–Crippen MR) is 65.6 cm³/mol. The minimum atomic E-state index is -0.359. The normalized spacial score (nSPS) is 9.38. The van der Waals surface area contributed by atoms with E-state index >= 15 is 0 Å². The molecule has 0 fully saturated rings. The number of hydrogen-bond donors (Lipinski definition) is 0. The van der Waals surface area contributed by atoms with E-state index in [4.69, 9.17) is 4.74 Å². The summed E-state index contributed by atoms with van der Waals surface area (Å²) >= 11 is 0. The molecule has 1 heterocycles. The summed E-state index contributed by atoms with van der Waals surface area (Å²) < 4.78 is 4.83. The van der Waals surface area contributed by atoms with E-state index in [9.17, 15) is 4.79 Å². The Bertz CT molecular complexity index is 304. The summed E-state index contributed by atoms with van der Waals surface area (Å²) in [4.78, 5) is 15.3. The van der Waals surface area contributed by atoms with Crippen molar-refractivity contribution in [2.24, 2.45) is 0 Å². The van der Waals surface area contributed by atoms with Gasteiger partial charge >= 0.3 is 5.97 Å². The maximum atomic E-state index is 11.2. The highest BCUT2D eigenvalue weighted by atomic mass is 16.5. The van der Waals surface area contributed by atoms with Gasteiger partial charge in [-0.3, -0.25) is 0 Å². The summed E-state index contributed by atoms with van der Waals surface area (Å²) in [6, 6.07) is 3.61. The number of nitrogens with zero attached hydrogens (tertiary/aromatic N) is 1. The van der Waals surface area contributed by atoms with Gasteiger partial charge in [-0.05, 0) is 24.5 Å². The van der Waals surface area contributed by atoms with Crippen LogP contribution in [-0.4, -0.2) is 17.6 Å². The monoisotopic (exact) mass is 223 g/mol. The van der Waals surface area contributed by atoms with Gasteiger partial charge in [-0.25, -0.2) is 9.78 Å². The van der Waals surface area contributed by atoms with E-state index < -0.39 is 0 Å². The minimum Gasteiger partial charge on any atom is -0.461 e. The number of pyridine rings is 1. The molecule has 1 rings (SSSR count). The lowest BCUT2D eigenvalue weighted by atomic mass is 10.1. The van der Waals surface area contributed by atoms with Crippen molar-refractivity contribution in [3.8, 4) is 0 Å². The Hall–Kier alpha value is -1.38. The molecule has 0 unspecified atom stereocenters. The van der Waals surface area contributed by atoms with Crippen molar-refractivity contribution in [3.05, 3.63) is 29.6 Å². The molecule has 0 spiro atoms. The summed E-state index contributed by atoms with van der Waals surface area (Å²) in [6.07, 6.45) is 1.72. The molecular formula is C13H21NO2. The maximum Gasteiger partial charge on any atom is 0.356 e. The Balaban J connectivity index is 0.00000106. The lowest BCUT2D eigenvalue weighted by molar-refractivity contribution is 0.0519. The molecule has 0 radical (unpaired) electrons. The van der Waals surface area contributed by atoms with Crippen molar-refractivity contribution in [3.63, 3.8) is 0 Å². The van der Waals surface area contributed by atoms with Gasteiger partial charge in [-0.15, -0.1) is 0 Å². The average molecular weight is 223 g/mol. The number of ether oxygens (including phenoxy) is 1. The van der Waals surface area contributed by atoms with Crippen LogP contribution in [0, 0.1) is 0 Å². The lowest BCUT2D eigenvalue weighted by Gasteiger charge is -2.05. The van der Waals surface area contributed by atoms with E-state index in [0.717, 1.165) is 5.56 Å². The van der Waals surface area contributed by atoms with Gasteiger partial charge in [0.15, 0.2) is 0 Å². The third kappa shape index (κ3) is 4.43. The van der Waals surface area contributed by atoms with E-state index in [0.29, 0.717) is 18.2 Å². The van der Waals surface area contributed by atoms with Crippen molar-refractivity contribution >= 4 is 5.97 Å². The zero-order chi connectivity index (χ0) is 12.6. The van der Waals surface area contributed by atoms with Crippen LogP contribution in [0.4, 0.5) is 0 Å². The van der Waals surface area contributed by atoms with Crippen molar-refractivity contribution in [1.82, 2.24) is 4.98 Å². The van der Waals surface area contributed by atoms with Crippen LogP contribution in [0.3, 0.4) is 0 Å². The first-order valence-corrected chi connectivity index (χ1v) is 5.78. The molecule has 0 amide bonds. The zero-order valence-corrected chi connectivity index (χ0v) is 10.8. The molecule has 0 aliphatic rings. The molecule has 3 nitrogen and oxygen atoms in total. The Morgan fingerprint density at radius 1 is 1.38 bits per heavy atom. The Kier molecular flexibility index (Phi) is 7.18. The van der Waals surface area contributed by atoms with E-state index in [-0.39, 0.29) is 5.97 Å². The van der Waals surface area contributed by atoms with E-state index in [2.05, 4.69) is 18.8 Å². The van der Waals surface area contributed by atoms with Crippen LogP contribution in [-0.2, 0) is 4.74 Å². The summed E-state index contributed by atoms with van der Waals surface area (Å²) in [5.41, 5.74) is 1.49. The summed E-state index contributed by atoms with van der Waals surface area (Å²) in [5.74, 6) is 0.0709. The quantitative estimate of drug-likeness (QED) is 0.737. The highest BCUT2D eigenvalue weighted by molar-refractivity contribution is 5.87. The lowest BCUT2D eigenvalue weighted by Crippen LogP contribution is -2.07. The van der Waals surface area contributed by atoms with Crippen LogP contribution in [0.25, 0.3) is 0 Å². The van der Waals surface area contributed by atoms with Gasteiger partial charge in [0.25, 0.3) is 0 Å². The number of carbonyl (C=O) groups excluding carboxylic acids is 1. The van der Waals surface area contributed by atoms with E-state index in [1.54, 1.807) is 19.2 Å². The zero-order valence-electron chi connectivity index (χ0n) is 10.8. The first-order valence-electron chi connectivity index (χ1n) is 5.78. The summed E-state index contributed by atoms with van der Waals surface area (Å²) in [7, 11) is 0. The first kappa shape index (κ1) is 14.6. The largest absolute Gasteiger partial charge is 0.461 e.